The molecule has 4 rings (SSSR count). The molecular formula is C19H19N3O4. The zero-order chi connectivity index (χ0) is 18.1. The average Bonchev–Trinajstić information content (AvgIpc) is 3.19. The minimum Gasteiger partial charge on any atom is -0.451 e. The molecule has 1 fully saturated rings. The van der Waals surface area contributed by atoms with Gasteiger partial charge in [0.25, 0.3) is 11.8 Å². The molecule has 134 valence electrons. The number of amides is 2. The van der Waals surface area contributed by atoms with Gasteiger partial charge in [-0.1, -0.05) is 18.2 Å². The lowest BCUT2D eigenvalue weighted by Crippen LogP contribution is -2.37. The Balaban J connectivity index is 1.47. The van der Waals surface area contributed by atoms with Crippen LogP contribution in [0.25, 0.3) is 11.0 Å². The van der Waals surface area contributed by atoms with Crippen LogP contribution in [-0.2, 0) is 0 Å². The molecule has 0 bridgehead atoms. The zero-order valence-electron chi connectivity index (χ0n) is 14.5. The Morgan fingerprint density at radius 1 is 1.04 bits per heavy atom. The fourth-order valence-corrected chi connectivity index (χ4v) is 3.23. The minimum atomic E-state index is -0.158. The normalized spacial score (nSPS) is 15.3. The molecule has 0 saturated carbocycles. The highest BCUT2D eigenvalue weighted by molar-refractivity contribution is 5.96. The van der Waals surface area contributed by atoms with Crippen molar-refractivity contribution in [3.05, 3.63) is 53.9 Å². The summed E-state index contributed by atoms with van der Waals surface area (Å²) in [6.07, 6.45) is 1.98. The van der Waals surface area contributed by atoms with Gasteiger partial charge in [-0.05, 0) is 25.5 Å². The maximum atomic E-state index is 12.8. The number of benzene rings is 1. The van der Waals surface area contributed by atoms with E-state index in [2.05, 4.69) is 4.98 Å². The smallest absolute Gasteiger partial charge is 0.289 e. The second-order valence-corrected chi connectivity index (χ2v) is 6.34. The minimum absolute atomic E-state index is 0.145. The summed E-state index contributed by atoms with van der Waals surface area (Å²) in [6.45, 7) is 3.79. The highest BCUT2D eigenvalue weighted by Crippen LogP contribution is 2.21. The number of para-hydroxylation sites is 1. The van der Waals surface area contributed by atoms with Gasteiger partial charge in [-0.15, -0.1) is 0 Å². The first-order valence-corrected chi connectivity index (χ1v) is 8.60. The molecule has 7 nitrogen and oxygen atoms in total. The lowest BCUT2D eigenvalue weighted by atomic mass is 10.2. The van der Waals surface area contributed by atoms with Gasteiger partial charge in [0.1, 0.15) is 11.3 Å². The van der Waals surface area contributed by atoms with E-state index in [9.17, 15) is 9.59 Å². The fourth-order valence-electron chi connectivity index (χ4n) is 3.23. The van der Waals surface area contributed by atoms with Gasteiger partial charge < -0.3 is 18.6 Å². The fraction of sp³-hybridized carbons (Fsp3) is 0.316. The van der Waals surface area contributed by atoms with Crippen LogP contribution < -0.4 is 0 Å². The number of carbonyl (C=O) groups excluding carboxylic acids is 2. The van der Waals surface area contributed by atoms with Crippen LogP contribution in [0, 0.1) is 6.92 Å². The van der Waals surface area contributed by atoms with Crippen LogP contribution in [0.3, 0.4) is 0 Å². The van der Waals surface area contributed by atoms with E-state index in [0.717, 1.165) is 5.39 Å². The Morgan fingerprint density at radius 3 is 2.46 bits per heavy atom. The van der Waals surface area contributed by atoms with E-state index in [4.69, 9.17) is 8.83 Å². The van der Waals surface area contributed by atoms with Crippen molar-refractivity contribution in [2.24, 2.45) is 0 Å². The summed E-state index contributed by atoms with van der Waals surface area (Å²) >= 11 is 0. The van der Waals surface area contributed by atoms with Gasteiger partial charge in [-0.3, -0.25) is 9.59 Å². The molecule has 26 heavy (non-hydrogen) atoms. The van der Waals surface area contributed by atoms with Crippen molar-refractivity contribution < 1.29 is 18.4 Å². The highest BCUT2D eigenvalue weighted by atomic mass is 16.3. The second kappa shape index (κ2) is 6.67. The summed E-state index contributed by atoms with van der Waals surface area (Å²) in [5.41, 5.74) is 1.03. The van der Waals surface area contributed by atoms with E-state index in [-0.39, 0.29) is 11.8 Å². The molecule has 0 radical (unpaired) electrons. The molecule has 0 atom stereocenters. The van der Waals surface area contributed by atoms with Crippen LogP contribution in [0.4, 0.5) is 0 Å². The van der Waals surface area contributed by atoms with Crippen molar-refractivity contribution in [1.82, 2.24) is 14.8 Å². The van der Waals surface area contributed by atoms with Gasteiger partial charge in [0.15, 0.2) is 17.8 Å². The quantitative estimate of drug-likeness (QED) is 0.708. The van der Waals surface area contributed by atoms with Crippen molar-refractivity contribution in [2.45, 2.75) is 13.3 Å². The molecule has 0 unspecified atom stereocenters. The SMILES string of the molecule is Cc1ocnc1C(=O)N1CCCN(C(=O)c2cc3ccccc3o2)CC1. The van der Waals surface area contributed by atoms with Crippen molar-refractivity contribution in [3.63, 3.8) is 0 Å². The Hall–Kier alpha value is -3.09. The molecule has 1 aliphatic heterocycles. The van der Waals surface area contributed by atoms with Gasteiger partial charge in [0.2, 0.25) is 0 Å². The maximum Gasteiger partial charge on any atom is 0.289 e. The number of aromatic nitrogens is 1. The molecule has 1 saturated heterocycles. The summed E-state index contributed by atoms with van der Waals surface area (Å²) in [4.78, 5) is 32.8. The van der Waals surface area contributed by atoms with E-state index in [1.807, 2.05) is 24.3 Å². The van der Waals surface area contributed by atoms with E-state index >= 15 is 0 Å². The lowest BCUT2D eigenvalue weighted by molar-refractivity contribution is 0.0699. The summed E-state index contributed by atoms with van der Waals surface area (Å²) in [6, 6.07) is 9.31. The molecule has 1 aromatic carbocycles. The van der Waals surface area contributed by atoms with Gasteiger partial charge in [-0.25, -0.2) is 4.98 Å². The number of aryl methyl sites for hydroxylation is 1. The van der Waals surface area contributed by atoms with Crippen molar-refractivity contribution >= 4 is 22.8 Å². The number of rotatable bonds is 2. The summed E-state index contributed by atoms with van der Waals surface area (Å²) in [5, 5.41) is 0.906. The summed E-state index contributed by atoms with van der Waals surface area (Å²) in [7, 11) is 0. The Kier molecular flexibility index (Phi) is 4.20. The predicted molar refractivity (Wildman–Crippen MR) is 93.9 cm³/mol. The third-order valence-electron chi connectivity index (χ3n) is 4.65. The molecule has 3 aromatic rings. The Morgan fingerprint density at radius 2 is 1.77 bits per heavy atom. The number of carbonyl (C=O) groups is 2. The van der Waals surface area contributed by atoms with Crippen LogP contribution >= 0.6 is 0 Å². The molecule has 2 aromatic heterocycles. The van der Waals surface area contributed by atoms with Crippen LogP contribution in [0.15, 0.2) is 45.6 Å². The van der Waals surface area contributed by atoms with Crippen LogP contribution in [0.5, 0.6) is 0 Å². The zero-order valence-corrected chi connectivity index (χ0v) is 14.5. The number of oxazole rings is 1. The van der Waals surface area contributed by atoms with E-state index in [1.165, 1.54) is 6.39 Å². The first-order chi connectivity index (χ1) is 12.6. The van der Waals surface area contributed by atoms with Crippen LogP contribution in [0.2, 0.25) is 0 Å². The largest absolute Gasteiger partial charge is 0.451 e. The highest BCUT2D eigenvalue weighted by Gasteiger charge is 2.27. The number of hydrogen-bond acceptors (Lipinski definition) is 5. The first kappa shape index (κ1) is 16.4. The first-order valence-electron chi connectivity index (χ1n) is 8.60. The number of nitrogens with zero attached hydrogens (tertiary/aromatic N) is 3. The van der Waals surface area contributed by atoms with Crippen molar-refractivity contribution in [1.29, 1.82) is 0 Å². The summed E-state index contributed by atoms with van der Waals surface area (Å²) < 4.78 is 10.8. The van der Waals surface area contributed by atoms with E-state index in [0.29, 0.717) is 55.4 Å². The topological polar surface area (TPSA) is 79.8 Å². The second-order valence-electron chi connectivity index (χ2n) is 6.34. The standard InChI is InChI=1S/C19H19N3O4/c1-13-17(20-12-25-13)19(24)22-8-4-7-21(9-10-22)18(23)16-11-14-5-2-3-6-15(14)26-16/h2-3,5-6,11-12H,4,7-10H2,1H3. The third kappa shape index (κ3) is 2.96. The molecule has 3 heterocycles. The van der Waals surface area contributed by atoms with Crippen molar-refractivity contribution in [3.8, 4) is 0 Å². The van der Waals surface area contributed by atoms with Gasteiger partial charge in [0.05, 0.1) is 0 Å². The van der Waals surface area contributed by atoms with Gasteiger partial charge in [-0.2, -0.15) is 0 Å². The number of hydrogen-bond donors (Lipinski definition) is 0. The monoisotopic (exact) mass is 353 g/mol. The van der Waals surface area contributed by atoms with Crippen LogP contribution in [0.1, 0.15) is 33.2 Å². The van der Waals surface area contributed by atoms with Gasteiger partial charge in [0, 0.05) is 31.6 Å². The summed E-state index contributed by atoms with van der Waals surface area (Å²) in [5.74, 6) is 0.537. The van der Waals surface area contributed by atoms with Crippen molar-refractivity contribution in [2.75, 3.05) is 26.2 Å². The molecular weight excluding hydrogens is 334 g/mol. The Labute approximate surface area is 150 Å². The number of fused-ring (bicyclic) bond motifs is 1. The molecule has 1 aliphatic rings. The lowest BCUT2D eigenvalue weighted by Gasteiger charge is -2.21. The average molecular weight is 353 g/mol. The van der Waals surface area contributed by atoms with E-state index < -0.39 is 0 Å². The molecule has 7 heteroatoms. The molecule has 0 N–H and O–H groups in total. The maximum absolute atomic E-state index is 12.8. The number of furan rings is 1. The van der Waals surface area contributed by atoms with E-state index in [1.54, 1.807) is 22.8 Å². The Bertz CT molecular complexity index is 926. The molecule has 0 aliphatic carbocycles. The van der Waals surface area contributed by atoms with Crippen LogP contribution in [-0.4, -0.2) is 52.8 Å². The predicted octanol–water partition coefficient (Wildman–Crippen LogP) is 2.72. The van der Waals surface area contributed by atoms with Gasteiger partial charge >= 0.3 is 0 Å². The third-order valence-corrected chi connectivity index (χ3v) is 4.65. The molecule has 0 spiro atoms. The molecule has 2 amide bonds.